The summed E-state index contributed by atoms with van der Waals surface area (Å²) in [5.74, 6) is 0.850. The van der Waals surface area contributed by atoms with Crippen LogP contribution >= 0.6 is 0 Å². The molecule has 0 aromatic heterocycles. The van der Waals surface area contributed by atoms with Crippen LogP contribution in [0.3, 0.4) is 0 Å². The lowest BCUT2D eigenvalue weighted by Crippen LogP contribution is -2.30. The van der Waals surface area contributed by atoms with Crippen molar-refractivity contribution in [1.82, 2.24) is 0 Å². The molecule has 0 spiro atoms. The quantitative estimate of drug-likeness (QED) is 0.0343. The largest absolute Gasteiger partial charge is 0.462 e. The third kappa shape index (κ3) is 55.2. The summed E-state index contributed by atoms with van der Waals surface area (Å²) in [5, 5.41) is 0. The number of esters is 3. The van der Waals surface area contributed by atoms with Crippen LogP contribution in [-0.4, -0.2) is 37.2 Å². The van der Waals surface area contributed by atoms with Gasteiger partial charge < -0.3 is 14.2 Å². The average molecular weight is 948 g/mol. The second-order valence-electron chi connectivity index (χ2n) is 21.9. The molecule has 6 heteroatoms. The highest BCUT2D eigenvalue weighted by molar-refractivity contribution is 5.71. The van der Waals surface area contributed by atoms with Crippen LogP contribution in [0.25, 0.3) is 0 Å². The zero-order chi connectivity index (χ0) is 48.9. The van der Waals surface area contributed by atoms with Crippen LogP contribution in [0.15, 0.2) is 0 Å². The van der Waals surface area contributed by atoms with E-state index in [0.29, 0.717) is 19.3 Å². The molecule has 1 atom stereocenters. The van der Waals surface area contributed by atoms with Crippen molar-refractivity contribution in [1.29, 1.82) is 0 Å². The molecule has 0 amide bonds. The molecule has 67 heavy (non-hydrogen) atoms. The predicted molar refractivity (Wildman–Crippen MR) is 289 cm³/mol. The Morgan fingerprint density at radius 3 is 0.731 bits per heavy atom. The zero-order valence-corrected chi connectivity index (χ0v) is 46.0. The lowest BCUT2D eigenvalue weighted by atomic mass is 10.0. The molecule has 0 heterocycles. The number of carbonyl (C=O) groups excluding carboxylic acids is 3. The van der Waals surface area contributed by atoms with E-state index < -0.39 is 6.10 Å². The monoisotopic (exact) mass is 947 g/mol. The van der Waals surface area contributed by atoms with Gasteiger partial charge in [0.1, 0.15) is 13.2 Å². The highest BCUT2D eigenvalue weighted by Gasteiger charge is 2.19. The second-order valence-corrected chi connectivity index (χ2v) is 21.9. The van der Waals surface area contributed by atoms with Crippen molar-refractivity contribution in [3.05, 3.63) is 0 Å². The fourth-order valence-corrected chi connectivity index (χ4v) is 9.40. The Morgan fingerprint density at radius 1 is 0.284 bits per heavy atom. The van der Waals surface area contributed by atoms with E-state index in [1.807, 2.05) is 0 Å². The molecular formula is C61H118O6. The van der Waals surface area contributed by atoms with Crippen LogP contribution in [0.4, 0.5) is 0 Å². The maximum atomic E-state index is 12.9. The first-order valence-electron chi connectivity index (χ1n) is 30.2. The minimum Gasteiger partial charge on any atom is -0.462 e. The predicted octanol–water partition coefficient (Wildman–Crippen LogP) is 20.0. The molecule has 398 valence electrons. The van der Waals surface area contributed by atoms with E-state index in [0.717, 1.165) is 69.6 Å². The summed E-state index contributed by atoms with van der Waals surface area (Å²) in [6.45, 7) is 11.4. The van der Waals surface area contributed by atoms with E-state index in [2.05, 4.69) is 34.6 Å². The third-order valence-electron chi connectivity index (χ3n) is 14.0. The van der Waals surface area contributed by atoms with Gasteiger partial charge >= 0.3 is 17.9 Å². The van der Waals surface area contributed by atoms with Crippen LogP contribution < -0.4 is 0 Å². The van der Waals surface area contributed by atoms with E-state index >= 15 is 0 Å². The number of hydrogen-bond acceptors (Lipinski definition) is 6. The Balaban J connectivity index is 4.24. The highest BCUT2D eigenvalue weighted by Crippen LogP contribution is 2.18. The molecule has 0 saturated heterocycles. The van der Waals surface area contributed by atoms with E-state index in [9.17, 15) is 14.4 Å². The normalized spacial score (nSPS) is 12.0. The van der Waals surface area contributed by atoms with Crippen molar-refractivity contribution < 1.29 is 28.6 Å². The van der Waals surface area contributed by atoms with Crippen molar-refractivity contribution >= 4 is 17.9 Å². The van der Waals surface area contributed by atoms with Crippen LogP contribution in [0.2, 0.25) is 0 Å². The molecule has 0 aromatic carbocycles. The van der Waals surface area contributed by atoms with E-state index in [4.69, 9.17) is 14.2 Å². The van der Waals surface area contributed by atoms with Gasteiger partial charge in [0.25, 0.3) is 0 Å². The van der Waals surface area contributed by atoms with Crippen molar-refractivity contribution in [2.75, 3.05) is 13.2 Å². The molecule has 0 aromatic rings. The van der Waals surface area contributed by atoms with Gasteiger partial charge in [-0.2, -0.15) is 0 Å². The topological polar surface area (TPSA) is 78.9 Å². The molecular weight excluding hydrogens is 829 g/mol. The Morgan fingerprint density at radius 2 is 0.493 bits per heavy atom. The minimum atomic E-state index is -0.763. The van der Waals surface area contributed by atoms with Gasteiger partial charge in [-0.3, -0.25) is 14.4 Å². The maximum absolute atomic E-state index is 12.9. The lowest BCUT2D eigenvalue weighted by Gasteiger charge is -2.18. The fourth-order valence-electron chi connectivity index (χ4n) is 9.40. The van der Waals surface area contributed by atoms with Crippen molar-refractivity contribution in [3.63, 3.8) is 0 Å². The Hall–Kier alpha value is -1.59. The molecule has 0 saturated carbocycles. The molecule has 0 aliphatic carbocycles. The molecule has 0 radical (unpaired) electrons. The van der Waals surface area contributed by atoms with Gasteiger partial charge in [-0.15, -0.1) is 0 Å². The number of carbonyl (C=O) groups is 3. The van der Waals surface area contributed by atoms with Gasteiger partial charge in [0.2, 0.25) is 0 Å². The number of unbranched alkanes of at least 4 members (excludes halogenated alkanes) is 40. The Labute approximate surface area is 418 Å². The number of rotatable bonds is 55. The average Bonchev–Trinajstić information content (AvgIpc) is 3.30. The highest BCUT2D eigenvalue weighted by atomic mass is 16.6. The SMILES string of the molecule is CCCCCCCCCCCCCCCCC(=O)O[C@H](COC(=O)CCCCCCCCCCCCCCCCCCCCC(C)C)COC(=O)CCCCCCCCCCCCCC(C)C. The summed E-state index contributed by atoms with van der Waals surface area (Å²) in [6.07, 6.45) is 58.1. The molecule has 0 unspecified atom stereocenters. The van der Waals surface area contributed by atoms with Crippen LogP contribution in [0.1, 0.15) is 343 Å². The van der Waals surface area contributed by atoms with Crippen molar-refractivity contribution in [2.45, 2.75) is 349 Å². The summed E-state index contributed by atoms with van der Waals surface area (Å²) in [7, 11) is 0. The Bertz CT molecular complexity index is 1020. The molecule has 0 rings (SSSR count). The van der Waals surface area contributed by atoms with Crippen LogP contribution in [0.5, 0.6) is 0 Å². The van der Waals surface area contributed by atoms with E-state index in [1.165, 1.54) is 231 Å². The minimum absolute atomic E-state index is 0.0623. The maximum Gasteiger partial charge on any atom is 0.306 e. The number of hydrogen-bond donors (Lipinski definition) is 0. The zero-order valence-electron chi connectivity index (χ0n) is 46.0. The van der Waals surface area contributed by atoms with Crippen LogP contribution in [-0.2, 0) is 28.6 Å². The van der Waals surface area contributed by atoms with Crippen LogP contribution in [0, 0.1) is 11.8 Å². The summed E-state index contributed by atoms with van der Waals surface area (Å²) in [5.41, 5.74) is 0. The summed E-state index contributed by atoms with van der Waals surface area (Å²) >= 11 is 0. The van der Waals surface area contributed by atoms with Gasteiger partial charge in [-0.05, 0) is 31.1 Å². The third-order valence-corrected chi connectivity index (χ3v) is 14.0. The summed E-state index contributed by atoms with van der Waals surface area (Å²) < 4.78 is 16.9. The van der Waals surface area contributed by atoms with E-state index in [1.54, 1.807) is 0 Å². The first kappa shape index (κ1) is 65.4. The molecule has 0 aliphatic heterocycles. The molecule has 0 bridgehead atoms. The van der Waals surface area contributed by atoms with Gasteiger partial charge in [-0.1, -0.05) is 304 Å². The number of ether oxygens (including phenoxy) is 3. The Kier molecular flexibility index (Phi) is 52.5. The van der Waals surface area contributed by atoms with Gasteiger partial charge in [0.15, 0.2) is 6.10 Å². The first-order chi connectivity index (χ1) is 32.7. The molecule has 0 aliphatic rings. The van der Waals surface area contributed by atoms with Gasteiger partial charge in [0, 0.05) is 19.3 Å². The van der Waals surface area contributed by atoms with E-state index in [-0.39, 0.29) is 31.1 Å². The standard InChI is InChI=1S/C61H118O6/c1-6-7-8-9-10-11-12-13-21-27-33-38-43-48-53-61(64)67-58(55-66-60(63)52-47-42-37-32-28-23-25-30-35-40-45-50-57(4)5)54-65-59(62)51-46-41-36-31-26-22-19-17-15-14-16-18-20-24-29-34-39-44-49-56(2)3/h56-58H,6-55H2,1-5H3/t58-/m1/s1. The van der Waals surface area contributed by atoms with Gasteiger partial charge in [-0.25, -0.2) is 0 Å². The smallest absolute Gasteiger partial charge is 0.306 e. The molecule has 0 fully saturated rings. The van der Waals surface area contributed by atoms with Gasteiger partial charge in [0.05, 0.1) is 0 Å². The molecule has 0 N–H and O–H groups in total. The first-order valence-corrected chi connectivity index (χ1v) is 30.2. The summed E-state index contributed by atoms with van der Waals surface area (Å²) in [4.78, 5) is 38.2. The summed E-state index contributed by atoms with van der Waals surface area (Å²) in [6, 6.07) is 0. The fraction of sp³-hybridized carbons (Fsp3) is 0.951. The molecule has 6 nitrogen and oxygen atoms in total. The second kappa shape index (κ2) is 53.8. The van der Waals surface area contributed by atoms with Crippen molar-refractivity contribution in [2.24, 2.45) is 11.8 Å². The van der Waals surface area contributed by atoms with Crippen molar-refractivity contribution in [3.8, 4) is 0 Å². The lowest BCUT2D eigenvalue weighted by molar-refractivity contribution is -0.167.